The monoisotopic (exact) mass is 275 g/mol. The lowest BCUT2D eigenvalue weighted by atomic mass is 9.80. The van der Waals surface area contributed by atoms with Gasteiger partial charge in [0.15, 0.2) is 0 Å². The van der Waals surface area contributed by atoms with Gasteiger partial charge in [0.25, 0.3) is 0 Å². The van der Waals surface area contributed by atoms with Crippen LogP contribution in [0.1, 0.15) is 33.1 Å². The summed E-state index contributed by atoms with van der Waals surface area (Å²) < 4.78 is 0. The van der Waals surface area contributed by atoms with Crippen molar-refractivity contribution in [2.75, 3.05) is 17.7 Å². The highest BCUT2D eigenvalue weighted by Gasteiger charge is 2.25. The number of urea groups is 1. The number of hydrogen-bond donors (Lipinski definition) is 3. The predicted octanol–water partition coefficient (Wildman–Crippen LogP) is 3.67. The largest absolute Gasteiger partial charge is 0.382 e. The third kappa shape index (κ3) is 3.89. The van der Waals surface area contributed by atoms with Crippen LogP contribution in [0.3, 0.4) is 0 Å². The molecule has 1 aromatic rings. The third-order valence-electron chi connectivity index (χ3n) is 4.18. The summed E-state index contributed by atoms with van der Waals surface area (Å²) in [7, 11) is 1.61. The number of anilines is 2. The molecule has 0 radical (unpaired) electrons. The molecule has 1 saturated carbocycles. The average molecular weight is 275 g/mol. The van der Waals surface area contributed by atoms with Crippen LogP contribution in [-0.2, 0) is 0 Å². The molecule has 3 unspecified atom stereocenters. The number of benzene rings is 1. The van der Waals surface area contributed by atoms with Crippen molar-refractivity contribution in [2.45, 2.75) is 39.2 Å². The summed E-state index contributed by atoms with van der Waals surface area (Å²) in [5.41, 5.74) is 1.93. The topological polar surface area (TPSA) is 53.2 Å². The first-order valence-corrected chi connectivity index (χ1v) is 7.44. The number of rotatable bonds is 3. The minimum atomic E-state index is -0.194. The molecule has 0 bridgehead atoms. The van der Waals surface area contributed by atoms with Gasteiger partial charge < -0.3 is 16.0 Å². The van der Waals surface area contributed by atoms with E-state index in [4.69, 9.17) is 0 Å². The van der Waals surface area contributed by atoms with Crippen molar-refractivity contribution in [3.8, 4) is 0 Å². The molecule has 0 aromatic heterocycles. The smallest absolute Gasteiger partial charge is 0.318 e. The predicted molar refractivity (Wildman–Crippen MR) is 84.1 cm³/mol. The molecule has 1 aliphatic carbocycles. The molecule has 4 nitrogen and oxygen atoms in total. The Balaban J connectivity index is 1.94. The maximum atomic E-state index is 11.2. The van der Waals surface area contributed by atoms with Gasteiger partial charge in [-0.3, -0.25) is 0 Å². The van der Waals surface area contributed by atoms with E-state index in [0.717, 1.165) is 23.2 Å². The van der Waals surface area contributed by atoms with Crippen LogP contribution in [0.15, 0.2) is 24.3 Å². The van der Waals surface area contributed by atoms with Gasteiger partial charge in [-0.05, 0) is 48.9 Å². The second kappa shape index (κ2) is 6.64. The molecule has 3 atom stereocenters. The van der Waals surface area contributed by atoms with Gasteiger partial charge in [-0.1, -0.05) is 20.3 Å². The van der Waals surface area contributed by atoms with Crippen LogP contribution < -0.4 is 16.0 Å². The highest BCUT2D eigenvalue weighted by molar-refractivity contribution is 5.89. The molecule has 4 heteroatoms. The van der Waals surface area contributed by atoms with Gasteiger partial charge in [0, 0.05) is 24.5 Å². The van der Waals surface area contributed by atoms with E-state index in [2.05, 4.69) is 29.8 Å². The number of nitrogens with one attached hydrogen (secondary N) is 3. The standard InChI is InChI=1S/C16H25N3O/c1-11-4-5-12(2)15(10-11)18-13-6-8-14(9-7-13)19-16(20)17-3/h6-9,11-12,15,18H,4-5,10H2,1-3H3,(H2,17,19,20). The van der Waals surface area contributed by atoms with E-state index in [-0.39, 0.29) is 6.03 Å². The molecule has 1 fully saturated rings. The molecule has 1 aliphatic rings. The lowest BCUT2D eigenvalue weighted by molar-refractivity contribution is 0.254. The minimum absolute atomic E-state index is 0.194. The van der Waals surface area contributed by atoms with E-state index >= 15 is 0 Å². The molecule has 2 rings (SSSR count). The Morgan fingerprint density at radius 2 is 1.75 bits per heavy atom. The normalized spacial score (nSPS) is 25.9. The van der Waals surface area contributed by atoms with Gasteiger partial charge in [-0.2, -0.15) is 0 Å². The van der Waals surface area contributed by atoms with Crippen molar-refractivity contribution < 1.29 is 4.79 Å². The number of carbonyl (C=O) groups excluding carboxylic acids is 1. The molecule has 0 saturated heterocycles. The zero-order valence-electron chi connectivity index (χ0n) is 12.6. The van der Waals surface area contributed by atoms with E-state index in [1.54, 1.807) is 7.05 Å². The summed E-state index contributed by atoms with van der Waals surface area (Å²) in [5.74, 6) is 1.52. The van der Waals surface area contributed by atoms with Crippen LogP contribution in [0.4, 0.5) is 16.2 Å². The Bertz CT molecular complexity index is 444. The fraction of sp³-hybridized carbons (Fsp3) is 0.562. The van der Waals surface area contributed by atoms with Crippen LogP contribution in [0.25, 0.3) is 0 Å². The van der Waals surface area contributed by atoms with Crippen molar-refractivity contribution in [3.05, 3.63) is 24.3 Å². The van der Waals surface area contributed by atoms with Crippen LogP contribution in [-0.4, -0.2) is 19.1 Å². The number of hydrogen-bond acceptors (Lipinski definition) is 2. The van der Waals surface area contributed by atoms with Crippen LogP contribution in [0.5, 0.6) is 0 Å². The first-order valence-electron chi connectivity index (χ1n) is 7.44. The van der Waals surface area contributed by atoms with Gasteiger partial charge in [0.2, 0.25) is 0 Å². The summed E-state index contributed by atoms with van der Waals surface area (Å²) in [4.78, 5) is 11.2. The van der Waals surface area contributed by atoms with Gasteiger partial charge in [0.05, 0.1) is 0 Å². The molecule has 110 valence electrons. The summed E-state index contributed by atoms with van der Waals surface area (Å²) in [6.45, 7) is 4.65. The van der Waals surface area contributed by atoms with Crippen molar-refractivity contribution in [1.29, 1.82) is 0 Å². The molecule has 2 amide bonds. The SMILES string of the molecule is CNC(=O)Nc1ccc(NC2CC(C)CCC2C)cc1. The van der Waals surface area contributed by atoms with Gasteiger partial charge in [0.1, 0.15) is 0 Å². The molecule has 3 N–H and O–H groups in total. The van der Waals surface area contributed by atoms with Crippen LogP contribution >= 0.6 is 0 Å². The zero-order chi connectivity index (χ0) is 14.5. The molecule has 0 aliphatic heterocycles. The Labute approximate surface area is 121 Å². The first-order chi connectivity index (χ1) is 9.58. The lowest BCUT2D eigenvalue weighted by Crippen LogP contribution is -2.33. The van der Waals surface area contributed by atoms with E-state index in [9.17, 15) is 4.79 Å². The number of carbonyl (C=O) groups is 1. The molecular weight excluding hydrogens is 250 g/mol. The maximum Gasteiger partial charge on any atom is 0.318 e. The summed E-state index contributed by atoms with van der Waals surface area (Å²) >= 11 is 0. The molecule has 1 aromatic carbocycles. The second-order valence-corrected chi connectivity index (χ2v) is 5.93. The average Bonchev–Trinajstić information content (AvgIpc) is 2.45. The first kappa shape index (κ1) is 14.7. The molecule has 0 heterocycles. The molecule has 20 heavy (non-hydrogen) atoms. The Morgan fingerprint density at radius 3 is 2.40 bits per heavy atom. The molecular formula is C16H25N3O. The van der Waals surface area contributed by atoms with E-state index in [0.29, 0.717) is 6.04 Å². The van der Waals surface area contributed by atoms with Crippen molar-refractivity contribution in [3.63, 3.8) is 0 Å². The minimum Gasteiger partial charge on any atom is -0.382 e. The fourth-order valence-electron chi connectivity index (χ4n) is 2.79. The van der Waals surface area contributed by atoms with Crippen molar-refractivity contribution >= 4 is 17.4 Å². The fourth-order valence-corrected chi connectivity index (χ4v) is 2.79. The summed E-state index contributed by atoms with van der Waals surface area (Å²) in [6.07, 6.45) is 3.88. The van der Waals surface area contributed by atoms with Crippen LogP contribution in [0, 0.1) is 11.8 Å². The highest BCUT2D eigenvalue weighted by Crippen LogP contribution is 2.30. The second-order valence-electron chi connectivity index (χ2n) is 5.93. The Kier molecular flexibility index (Phi) is 4.88. The third-order valence-corrected chi connectivity index (χ3v) is 4.18. The molecule has 0 spiro atoms. The van der Waals surface area contributed by atoms with Crippen molar-refractivity contribution in [1.82, 2.24) is 5.32 Å². The summed E-state index contributed by atoms with van der Waals surface area (Å²) in [6, 6.07) is 8.26. The number of amides is 2. The van der Waals surface area contributed by atoms with E-state index in [1.165, 1.54) is 19.3 Å². The van der Waals surface area contributed by atoms with Crippen LogP contribution in [0.2, 0.25) is 0 Å². The van der Waals surface area contributed by atoms with Crippen molar-refractivity contribution in [2.24, 2.45) is 11.8 Å². The quantitative estimate of drug-likeness (QED) is 0.788. The lowest BCUT2D eigenvalue weighted by Gasteiger charge is -2.34. The van der Waals surface area contributed by atoms with Gasteiger partial charge in [-0.15, -0.1) is 0 Å². The van der Waals surface area contributed by atoms with Gasteiger partial charge in [-0.25, -0.2) is 4.79 Å². The van der Waals surface area contributed by atoms with E-state index < -0.39 is 0 Å². The Hall–Kier alpha value is -1.71. The zero-order valence-corrected chi connectivity index (χ0v) is 12.6. The Morgan fingerprint density at radius 1 is 1.10 bits per heavy atom. The maximum absolute atomic E-state index is 11.2. The highest BCUT2D eigenvalue weighted by atomic mass is 16.2. The van der Waals surface area contributed by atoms with Gasteiger partial charge >= 0.3 is 6.03 Å². The van der Waals surface area contributed by atoms with E-state index in [1.807, 2.05) is 24.3 Å². The summed E-state index contributed by atoms with van der Waals surface area (Å²) in [5, 5.41) is 8.93.